The Bertz CT molecular complexity index is 1290. The molecule has 1 amide bonds. The summed E-state index contributed by atoms with van der Waals surface area (Å²) < 4.78 is 5.88. The fraction of sp³-hybridized carbons (Fsp3) is 0.357. The maximum Gasteiger partial charge on any atom is 0.329 e. The summed E-state index contributed by atoms with van der Waals surface area (Å²) in [4.78, 5) is 45.6. The van der Waals surface area contributed by atoms with Crippen LogP contribution in [-0.2, 0) is 24.1 Å². The molecule has 1 aromatic heterocycles. The zero-order valence-electron chi connectivity index (χ0n) is 21.2. The standard InChI is InChI=1S/C28H33N3O5/c1-5-15-36-23-14-13-19(16-21(23)24-29-22(7-3)20(6-2)26(33)30-24)25(32)31-28(4,27(34)35)17-18-11-9-8-10-12-18/h8-14,16H,5-7,15,17H2,1-4H3,(H,31,32)(H,34,35)(H,29,30,33). The number of carbonyl (C=O) groups is 2. The van der Waals surface area contributed by atoms with Gasteiger partial charge in [0.25, 0.3) is 11.5 Å². The summed E-state index contributed by atoms with van der Waals surface area (Å²) >= 11 is 0. The second-order valence-electron chi connectivity index (χ2n) is 8.86. The molecule has 0 fully saturated rings. The van der Waals surface area contributed by atoms with Crippen LogP contribution in [0.2, 0.25) is 0 Å². The highest BCUT2D eigenvalue weighted by Gasteiger charge is 2.35. The number of aromatic amines is 1. The van der Waals surface area contributed by atoms with Gasteiger partial charge >= 0.3 is 5.97 Å². The third-order valence-electron chi connectivity index (χ3n) is 6.01. The summed E-state index contributed by atoms with van der Waals surface area (Å²) in [6.45, 7) is 7.75. The Kier molecular flexibility index (Phi) is 8.64. The zero-order chi connectivity index (χ0) is 26.3. The van der Waals surface area contributed by atoms with Crippen LogP contribution in [0.3, 0.4) is 0 Å². The average molecular weight is 492 g/mol. The number of aryl methyl sites for hydroxylation is 1. The van der Waals surface area contributed by atoms with Gasteiger partial charge in [0.2, 0.25) is 0 Å². The molecule has 3 N–H and O–H groups in total. The number of carboxylic acid groups (broad SMARTS) is 1. The van der Waals surface area contributed by atoms with Crippen LogP contribution in [0, 0.1) is 0 Å². The molecule has 0 aliphatic heterocycles. The van der Waals surface area contributed by atoms with Crippen LogP contribution < -0.4 is 15.6 Å². The van der Waals surface area contributed by atoms with Crippen molar-refractivity contribution in [2.24, 2.45) is 0 Å². The molecule has 0 saturated heterocycles. The van der Waals surface area contributed by atoms with Crippen molar-refractivity contribution in [3.63, 3.8) is 0 Å². The van der Waals surface area contributed by atoms with E-state index >= 15 is 0 Å². The van der Waals surface area contributed by atoms with Gasteiger partial charge < -0.3 is 20.1 Å². The number of nitrogens with one attached hydrogen (secondary N) is 2. The summed E-state index contributed by atoms with van der Waals surface area (Å²) in [5, 5.41) is 12.6. The normalized spacial score (nSPS) is 12.6. The van der Waals surface area contributed by atoms with Gasteiger partial charge in [-0.2, -0.15) is 0 Å². The third kappa shape index (κ3) is 6.00. The van der Waals surface area contributed by atoms with Crippen molar-refractivity contribution in [1.82, 2.24) is 15.3 Å². The molecular weight excluding hydrogens is 458 g/mol. The van der Waals surface area contributed by atoms with Crippen molar-refractivity contribution in [3.05, 3.63) is 81.3 Å². The lowest BCUT2D eigenvalue weighted by molar-refractivity contribution is -0.143. The molecule has 8 heteroatoms. The fourth-order valence-corrected chi connectivity index (χ4v) is 4.02. The predicted molar refractivity (Wildman–Crippen MR) is 138 cm³/mol. The first-order valence-corrected chi connectivity index (χ1v) is 12.2. The van der Waals surface area contributed by atoms with Gasteiger partial charge in [0.05, 0.1) is 17.9 Å². The van der Waals surface area contributed by atoms with Crippen LogP contribution in [0.15, 0.2) is 53.3 Å². The highest BCUT2D eigenvalue weighted by atomic mass is 16.5. The summed E-state index contributed by atoms with van der Waals surface area (Å²) in [7, 11) is 0. The largest absolute Gasteiger partial charge is 0.493 e. The Hall–Kier alpha value is -3.94. The van der Waals surface area contributed by atoms with Gasteiger partial charge in [-0.25, -0.2) is 9.78 Å². The van der Waals surface area contributed by atoms with Crippen molar-refractivity contribution in [2.75, 3.05) is 6.61 Å². The molecule has 190 valence electrons. The van der Waals surface area contributed by atoms with Gasteiger partial charge in [0.15, 0.2) is 0 Å². The van der Waals surface area contributed by atoms with Crippen LogP contribution >= 0.6 is 0 Å². The zero-order valence-corrected chi connectivity index (χ0v) is 21.2. The molecule has 0 saturated carbocycles. The van der Waals surface area contributed by atoms with E-state index in [0.29, 0.717) is 47.8 Å². The molecule has 0 spiro atoms. The first-order valence-electron chi connectivity index (χ1n) is 12.2. The fourth-order valence-electron chi connectivity index (χ4n) is 4.02. The molecule has 0 aliphatic rings. The highest BCUT2D eigenvalue weighted by Crippen LogP contribution is 2.29. The lowest BCUT2D eigenvalue weighted by Crippen LogP contribution is -2.53. The lowest BCUT2D eigenvalue weighted by atomic mass is 9.92. The van der Waals surface area contributed by atoms with Crippen molar-refractivity contribution < 1.29 is 19.4 Å². The Balaban J connectivity index is 2.02. The molecule has 0 radical (unpaired) electrons. The van der Waals surface area contributed by atoms with E-state index in [0.717, 1.165) is 12.0 Å². The number of nitrogens with zero attached hydrogens (tertiary/aromatic N) is 1. The van der Waals surface area contributed by atoms with Gasteiger partial charge in [-0.1, -0.05) is 51.1 Å². The average Bonchev–Trinajstić information content (AvgIpc) is 2.87. The van der Waals surface area contributed by atoms with Crippen molar-refractivity contribution in [2.45, 2.75) is 58.9 Å². The summed E-state index contributed by atoms with van der Waals surface area (Å²) in [5.41, 5.74) is 1.05. The minimum atomic E-state index is -1.53. The van der Waals surface area contributed by atoms with Crippen LogP contribution in [0.1, 0.15) is 61.3 Å². The molecule has 0 bridgehead atoms. The molecule has 3 aromatic rings. The molecule has 2 aromatic carbocycles. The number of carbonyl (C=O) groups excluding carboxylic acids is 1. The minimum Gasteiger partial charge on any atom is -0.493 e. The van der Waals surface area contributed by atoms with E-state index < -0.39 is 17.4 Å². The maximum absolute atomic E-state index is 13.2. The SMILES string of the molecule is CCCOc1ccc(C(=O)NC(C)(Cc2ccccc2)C(=O)O)cc1-c1nc(CC)c(CC)c(=O)[nH]1. The Morgan fingerprint density at radius 2 is 1.81 bits per heavy atom. The molecule has 8 nitrogen and oxygen atoms in total. The monoisotopic (exact) mass is 491 g/mol. The highest BCUT2D eigenvalue weighted by molar-refractivity contribution is 5.99. The third-order valence-corrected chi connectivity index (χ3v) is 6.01. The number of aliphatic carboxylic acids is 1. The number of H-pyrrole nitrogens is 1. The molecule has 1 unspecified atom stereocenters. The molecule has 1 heterocycles. The molecule has 0 aliphatic carbocycles. The van der Waals surface area contributed by atoms with Crippen molar-refractivity contribution in [3.8, 4) is 17.1 Å². The summed E-state index contributed by atoms with van der Waals surface area (Å²) in [5.74, 6) is -0.910. The van der Waals surface area contributed by atoms with Crippen LogP contribution in [0.4, 0.5) is 0 Å². The summed E-state index contributed by atoms with van der Waals surface area (Å²) in [6, 6.07) is 13.9. The first kappa shape index (κ1) is 26.7. The van der Waals surface area contributed by atoms with Gasteiger partial charge in [0.1, 0.15) is 17.1 Å². The quantitative estimate of drug-likeness (QED) is 0.370. The Morgan fingerprint density at radius 3 is 2.42 bits per heavy atom. The molecular formula is C28H33N3O5. The maximum atomic E-state index is 13.2. The number of rotatable bonds is 11. The van der Waals surface area contributed by atoms with Crippen LogP contribution in [-0.4, -0.2) is 39.1 Å². The van der Waals surface area contributed by atoms with Gasteiger partial charge in [-0.3, -0.25) is 9.59 Å². The van der Waals surface area contributed by atoms with Crippen LogP contribution in [0.25, 0.3) is 11.4 Å². The number of ether oxygens (including phenoxy) is 1. The van der Waals surface area contributed by atoms with E-state index in [1.807, 2.05) is 51.1 Å². The van der Waals surface area contributed by atoms with Crippen molar-refractivity contribution in [1.29, 1.82) is 0 Å². The molecule has 36 heavy (non-hydrogen) atoms. The van der Waals surface area contributed by atoms with E-state index in [9.17, 15) is 19.5 Å². The minimum absolute atomic E-state index is 0.118. The molecule has 3 rings (SSSR count). The smallest absolute Gasteiger partial charge is 0.329 e. The Labute approximate surface area is 210 Å². The lowest BCUT2D eigenvalue weighted by Gasteiger charge is -2.26. The van der Waals surface area contributed by atoms with Gasteiger partial charge in [0, 0.05) is 17.5 Å². The van der Waals surface area contributed by atoms with Gasteiger partial charge in [-0.05, 0) is 49.9 Å². The van der Waals surface area contributed by atoms with E-state index in [1.54, 1.807) is 18.2 Å². The molecule has 1 atom stereocenters. The van der Waals surface area contributed by atoms with Crippen molar-refractivity contribution >= 4 is 11.9 Å². The number of benzene rings is 2. The summed E-state index contributed by atoms with van der Waals surface area (Å²) in [6.07, 6.45) is 2.04. The number of carboxylic acids is 1. The second-order valence-corrected chi connectivity index (χ2v) is 8.86. The number of aromatic nitrogens is 2. The number of hydrogen-bond donors (Lipinski definition) is 3. The van der Waals surface area contributed by atoms with Crippen LogP contribution in [0.5, 0.6) is 5.75 Å². The topological polar surface area (TPSA) is 121 Å². The number of hydrogen-bond acceptors (Lipinski definition) is 5. The first-order chi connectivity index (χ1) is 17.2. The predicted octanol–water partition coefficient (Wildman–Crippen LogP) is 4.17. The Morgan fingerprint density at radius 1 is 1.08 bits per heavy atom. The van der Waals surface area contributed by atoms with E-state index in [-0.39, 0.29) is 17.5 Å². The number of amides is 1. The second kappa shape index (κ2) is 11.7. The van der Waals surface area contributed by atoms with Gasteiger partial charge in [-0.15, -0.1) is 0 Å². The van der Waals surface area contributed by atoms with E-state index in [2.05, 4.69) is 15.3 Å². The van der Waals surface area contributed by atoms with E-state index in [1.165, 1.54) is 6.92 Å². The van der Waals surface area contributed by atoms with E-state index in [4.69, 9.17) is 4.74 Å².